The molecule has 0 spiro atoms. The molecule has 0 saturated heterocycles. The van der Waals surface area contributed by atoms with Crippen molar-refractivity contribution in [3.05, 3.63) is 0 Å². The molecule has 1 aliphatic heterocycles. The van der Waals surface area contributed by atoms with E-state index in [2.05, 4.69) is 9.98 Å². The Morgan fingerprint density at radius 2 is 2.00 bits per heavy atom. The largest absolute Gasteiger partial charge is 0.268 e. The van der Waals surface area contributed by atoms with Crippen LogP contribution in [0.4, 0.5) is 0 Å². The summed E-state index contributed by atoms with van der Waals surface area (Å²) in [5.41, 5.74) is 1.27. The number of hydrogen-bond acceptors (Lipinski definition) is 2. The molecule has 2 heteroatoms. The molecule has 0 atom stereocenters. The van der Waals surface area contributed by atoms with Gasteiger partial charge in [-0.15, -0.1) is 0 Å². The summed E-state index contributed by atoms with van der Waals surface area (Å²) < 4.78 is 0. The molecule has 1 fully saturated rings. The molecule has 1 heterocycles. The number of nitrogens with zero attached hydrogens (tertiary/aromatic N) is 2. The summed E-state index contributed by atoms with van der Waals surface area (Å²) in [6.07, 6.45) is 8.83. The fourth-order valence-corrected chi connectivity index (χ4v) is 1.93. The number of aliphatic imine (C=N–C) groups is 2. The Bertz CT molecular complexity index is 188. The third-order valence-corrected chi connectivity index (χ3v) is 2.58. The molecule has 60 valence electrons. The van der Waals surface area contributed by atoms with Crippen LogP contribution in [0, 0.1) is 5.92 Å². The van der Waals surface area contributed by atoms with E-state index in [0.717, 1.165) is 5.92 Å². The Morgan fingerprint density at radius 1 is 1.18 bits per heavy atom. The monoisotopic (exact) mass is 150 g/mol. The van der Waals surface area contributed by atoms with Crippen LogP contribution in [0.25, 0.3) is 0 Å². The summed E-state index contributed by atoms with van der Waals surface area (Å²) in [6.45, 7) is 0.686. The summed E-state index contributed by atoms with van der Waals surface area (Å²) in [6, 6.07) is 0. The van der Waals surface area contributed by atoms with Gasteiger partial charge >= 0.3 is 0 Å². The summed E-state index contributed by atoms with van der Waals surface area (Å²) in [4.78, 5) is 8.47. The van der Waals surface area contributed by atoms with Gasteiger partial charge < -0.3 is 0 Å². The van der Waals surface area contributed by atoms with Gasteiger partial charge in [-0.1, -0.05) is 19.3 Å². The third kappa shape index (κ3) is 1.50. The van der Waals surface area contributed by atoms with Crippen LogP contribution in [0.1, 0.15) is 32.1 Å². The molecule has 0 aromatic heterocycles. The summed E-state index contributed by atoms with van der Waals surface area (Å²) in [5, 5.41) is 0. The second kappa shape index (κ2) is 3.16. The highest BCUT2D eigenvalue weighted by molar-refractivity contribution is 6.32. The van der Waals surface area contributed by atoms with Crippen molar-refractivity contribution in [1.29, 1.82) is 0 Å². The van der Waals surface area contributed by atoms with E-state index in [1.54, 1.807) is 0 Å². The van der Waals surface area contributed by atoms with Gasteiger partial charge in [-0.25, -0.2) is 0 Å². The quantitative estimate of drug-likeness (QED) is 0.546. The van der Waals surface area contributed by atoms with Gasteiger partial charge in [0.05, 0.1) is 5.71 Å². The van der Waals surface area contributed by atoms with Crippen LogP contribution < -0.4 is 0 Å². The maximum atomic E-state index is 4.35. The SMILES string of the molecule is C1=NCN=C1C1CCCCC1. The first-order chi connectivity index (χ1) is 5.47. The number of rotatable bonds is 1. The lowest BCUT2D eigenvalue weighted by atomic mass is 9.86. The Balaban J connectivity index is 1.97. The first kappa shape index (κ1) is 7.01. The van der Waals surface area contributed by atoms with E-state index < -0.39 is 0 Å². The average Bonchev–Trinajstić information content (AvgIpc) is 2.58. The van der Waals surface area contributed by atoms with Crippen molar-refractivity contribution in [2.24, 2.45) is 15.9 Å². The zero-order valence-electron chi connectivity index (χ0n) is 6.79. The maximum absolute atomic E-state index is 4.35. The van der Waals surface area contributed by atoms with Crippen molar-refractivity contribution >= 4 is 11.9 Å². The minimum atomic E-state index is 0.686. The second-order valence-electron chi connectivity index (χ2n) is 3.37. The van der Waals surface area contributed by atoms with Crippen molar-refractivity contribution in [3.63, 3.8) is 0 Å². The van der Waals surface area contributed by atoms with Crippen LogP contribution in [0.3, 0.4) is 0 Å². The summed E-state index contributed by atoms with van der Waals surface area (Å²) >= 11 is 0. The van der Waals surface area contributed by atoms with Gasteiger partial charge in [-0.2, -0.15) is 0 Å². The molecule has 2 aliphatic rings. The molecule has 0 aromatic rings. The molecule has 1 aliphatic carbocycles. The Morgan fingerprint density at radius 3 is 2.64 bits per heavy atom. The van der Waals surface area contributed by atoms with Gasteiger partial charge in [0.25, 0.3) is 0 Å². The highest BCUT2D eigenvalue weighted by Gasteiger charge is 2.18. The van der Waals surface area contributed by atoms with Crippen LogP contribution in [-0.4, -0.2) is 18.6 Å². The first-order valence-corrected chi connectivity index (χ1v) is 4.51. The average molecular weight is 150 g/mol. The molecule has 1 saturated carbocycles. The van der Waals surface area contributed by atoms with Crippen molar-refractivity contribution in [1.82, 2.24) is 0 Å². The van der Waals surface area contributed by atoms with Crippen molar-refractivity contribution in [3.8, 4) is 0 Å². The molecule has 0 radical (unpaired) electrons. The molecule has 0 amide bonds. The van der Waals surface area contributed by atoms with E-state index in [1.807, 2.05) is 6.21 Å². The zero-order chi connectivity index (χ0) is 7.52. The maximum Gasteiger partial charge on any atom is 0.129 e. The molecule has 0 aromatic carbocycles. The van der Waals surface area contributed by atoms with Gasteiger partial charge in [-0.3, -0.25) is 9.98 Å². The molecule has 2 nitrogen and oxygen atoms in total. The summed E-state index contributed by atoms with van der Waals surface area (Å²) in [7, 11) is 0. The van der Waals surface area contributed by atoms with Gasteiger partial charge in [-0.05, 0) is 12.8 Å². The van der Waals surface area contributed by atoms with Crippen LogP contribution in [0.2, 0.25) is 0 Å². The standard InChI is InChI=1S/C9H14N2/c1-2-4-8(5-3-1)9-6-10-7-11-9/h6,8H,1-5,7H2. The first-order valence-electron chi connectivity index (χ1n) is 4.51. The molecule has 0 bridgehead atoms. The molecule has 0 N–H and O–H groups in total. The zero-order valence-corrected chi connectivity index (χ0v) is 6.79. The minimum Gasteiger partial charge on any atom is -0.268 e. The van der Waals surface area contributed by atoms with Gasteiger partial charge in [0, 0.05) is 12.1 Å². The van der Waals surface area contributed by atoms with Gasteiger partial charge in [0.2, 0.25) is 0 Å². The predicted octanol–water partition coefficient (Wildman–Crippen LogP) is 2.05. The fourth-order valence-electron chi connectivity index (χ4n) is 1.93. The van der Waals surface area contributed by atoms with Crippen LogP contribution in [-0.2, 0) is 0 Å². The number of hydrogen-bond donors (Lipinski definition) is 0. The van der Waals surface area contributed by atoms with Crippen LogP contribution in [0.5, 0.6) is 0 Å². The van der Waals surface area contributed by atoms with Crippen LogP contribution >= 0.6 is 0 Å². The van der Waals surface area contributed by atoms with Crippen molar-refractivity contribution in [2.45, 2.75) is 32.1 Å². The molecule has 0 unspecified atom stereocenters. The normalized spacial score (nSPS) is 25.6. The van der Waals surface area contributed by atoms with Gasteiger partial charge in [0.1, 0.15) is 6.67 Å². The van der Waals surface area contributed by atoms with Gasteiger partial charge in [0.15, 0.2) is 0 Å². The van der Waals surface area contributed by atoms with E-state index >= 15 is 0 Å². The van der Waals surface area contributed by atoms with E-state index in [4.69, 9.17) is 0 Å². The molecule has 2 rings (SSSR count). The predicted molar refractivity (Wildman–Crippen MR) is 47.4 cm³/mol. The van der Waals surface area contributed by atoms with E-state index in [9.17, 15) is 0 Å². The third-order valence-electron chi connectivity index (χ3n) is 2.58. The molecular weight excluding hydrogens is 136 g/mol. The van der Waals surface area contributed by atoms with Crippen molar-refractivity contribution < 1.29 is 0 Å². The molecule has 11 heavy (non-hydrogen) atoms. The Labute approximate surface area is 67.4 Å². The summed E-state index contributed by atoms with van der Waals surface area (Å²) in [5.74, 6) is 0.745. The fraction of sp³-hybridized carbons (Fsp3) is 0.778. The van der Waals surface area contributed by atoms with E-state index in [1.165, 1.54) is 37.8 Å². The van der Waals surface area contributed by atoms with E-state index in [-0.39, 0.29) is 0 Å². The highest BCUT2D eigenvalue weighted by Crippen LogP contribution is 2.25. The molecular formula is C9H14N2. The lowest BCUT2D eigenvalue weighted by Crippen LogP contribution is -2.17. The highest BCUT2D eigenvalue weighted by atomic mass is 15.0. The Kier molecular flexibility index (Phi) is 2.01. The smallest absolute Gasteiger partial charge is 0.129 e. The lowest BCUT2D eigenvalue weighted by Gasteiger charge is -2.19. The van der Waals surface area contributed by atoms with Crippen LogP contribution in [0.15, 0.2) is 9.98 Å². The van der Waals surface area contributed by atoms with Crippen molar-refractivity contribution in [2.75, 3.05) is 6.67 Å². The topological polar surface area (TPSA) is 24.7 Å². The Hall–Kier alpha value is -0.660. The van der Waals surface area contributed by atoms with E-state index in [0.29, 0.717) is 6.67 Å². The second-order valence-corrected chi connectivity index (χ2v) is 3.37. The lowest BCUT2D eigenvalue weighted by molar-refractivity contribution is 0.442. The minimum absolute atomic E-state index is 0.686.